The number of aromatic amines is 1. The molecule has 1 aliphatic rings. The van der Waals surface area contributed by atoms with E-state index in [0.717, 1.165) is 24.4 Å². The summed E-state index contributed by atoms with van der Waals surface area (Å²) in [5.41, 5.74) is 3.54. The first-order valence-corrected chi connectivity index (χ1v) is 6.99. The maximum absolute atomic E-state index is 12.1. The van der Waals surface area contributed by atoms with Gasteiger partial charge >= 0.3 is 0 Å². The molecule has 0 radical (unpaired) electrons. The molecule has 1 aromatic carbocycles. The van der Waals surface area contributed by atoms with Crippen molar-refractivity contribution in [2.24, 2.45) is 0 Å². The van der Waals surface area contributed by atoms with Crippen LogP contribution < -0.4 is 5.32 Å². The quantitative estimate of drug-likeness (QED) is 0.900. The van der Waals surface area contributed by atoms with Crippen LogP contribution in [0.1, 0.15) is 53.8 Å². The first kappa shape index (κ1) is 12.8. The van der Waals surface area contributed by atoms with Crippen LogP contribution in [0.3, 0.4) is 0 Å². The molecular formula is C15H18N4O. The average Bonchev–Trinajstić information content (AvgIpc) is 3.07. The van der Waals surface area contributed by atoms with Gasteiger partial charge in [-0.05, 0) is 42.5 Å². The Balaban J connectivity index is 1.75. The van der Waals surface area contributed by atoms with Crippen molar-refractivity contribution >= 4 is 11.6 Å². The third-order valence-corrected chi connectivity index (χ3v) is 3.61. The molecule has 20 heavy (non-hydrogen) atoms. The number of hydrogen-bond donors (Lipinski definition) is 2. The summed E-state index contributed by atoms with van der Waals surface area (Å²) in [6.45, 7) is 4.01. The fraction of sp³-hybridized carbons (Fsp3) is 0.400. The summed E-state index contributed by atoms with van der Waals surface area (Å²) in [5, 5.41) is 9.61. The highest BCUT2D eigenvalue weighted by atomic mass is 16.2. The molecule has 0 unspecified atom stereocenters. The Morgan fingerprint density at radius 2 is 2.10 bits per heavy atom. The van der Waals surface area contributed by atoms with Crippen molar-refractivity contribution in [2.75, 3.05) is 5.32 Å². The monoisotopic (exact) mass is 270 g/mol. The molecule has 2 aromatic rings. The van der Waals surface area contributed by atoms with Crippen LogP contribution in [0, 0.1) is 0 Å². The molecule has 3 rings (SSSR count). The Kier molecular flexibility index (Phi) is 3.26. The van der Waals surface area contributed by atoms with Crippen molar-refractivity contribution in [1.82, 2.24) is 15.2 Å². The van der Waals surface area contributed by atoms with Crippen molar-refractivity contribution in [3.63, 3.8) is 0 Å². The number of benzene rings is 1. The molecule has 1 amide bonds. The standard InChI is InChI=1S/C15H18N4O/c1-9(2)13-17-14(19-18-13)15(20)16-12-7-6-10-4-3-5-11(10)8-12/h6-9H,3-5H2,1-2H3,(H,16,20)(H,17,18,19). The molecule has 0 spiro atoms. The zero-order valence-corrected chi connectivity index (χ0v) is 11.7. The van der Waals surface area contributed by atoms with Crippen molar-refractivity contribution in [3.05, 3.63) is 41.0 Å². The Labute approximate surface area is 117 Å². The average molecular weight is 270 g/mol. The number of aromatic nitrogens is 3. The van der Waals surface area contributed by atoms with E-state index < -0.39 is 0 Å². The van der Waals surface area contributed by atoms with Gasteiger partial charge in [0.15, 0.2) is 0 Å². The molecule has 5 heteroatoms. The number of anilines is 1. The van der Waals surface area contributed by atoms with Crippen LogP contribution in [-0.2, 0) is 12.8 Å². The fourth-order valence-corrected chi connectivity index (χ4v) is 2.47. The van der Waals surface area contributed by atoms with Crippen molar-refractivity contribution in [2.45, 2.75) is 39.0 Å². The van der Waals surface area contributed by atoms with Gasteiger partial charge in [0.2, 0.25) is 5.82 Å². The van der Waals surface area contributed by atoms with Crippen LogP contribution in [0.2, 0.25) is 0 Å². The predicted octanol–water partition coefficient (Wildman–Crippen LogP) is 2.67. The number of nitrogens with one attached hydrogen (secondary N) is 2. The lowest BCUT2D eigenvalue weighted by Gasteiger charge is -2.05. The second-order valence-electron chi connectivity index (χ2n) is 5.49. The Morgan fingerprint density at radius 1 is 1.30 bits per heavy atom. The molecule has 2 N–H and O–H groups in total. The number of nitrogens with zero attached hydrogens (tertiary/aromatic N) is 2. The SMILES string of the molecule is CC(C)c1nc(C(=O)Nc2ccc3c(c2)CCC3)n[nH]1. The van der Waals surface area contributed by atoms with Gasteiger partial charge in [0.25, 0.3) is 5.91 Å². The number of hydrogen-bond acceptors (Lipinski definition) is 3. The number of fused-ring (bicyclic) bond motifs is 1. The Bertz CT molecular complexity index is 645. The van der Waals surface area contributed by atoms with E-state index in [2.05, 4.69) is 32.6 Å². The molecule has 0 saturated carbocycles. The van der Waals surface area contributed by atoms with Gasteiger partial charge in [-0.2, -0.15) is 0 Å². The van der Waals surface area contributed by atoms with Gasteiger partial charge in [-0.15, -0.1) is 5.10 Å². The highest BCUT2D eigenvalue weighted by Gasteiger charge is 2.16. The largest absolute Gasteiger partial charge is 0.319 e. The second-order valence-corrected chi connectivity index (χ2v) is 5.49. The van der Waals surface area contributed by atoms with Gasteiger partial charge in [0.05, 0.1) is 0 Å². The number of carbonyl (C=O) groups is 1. The van der Waals surface area contributed by atoms with Crippen LogP contribution in [0.4, 0.5) is 5.69 Å². The lowest BCUT2D eigenvalue weighted by molar-refractivity contribution is 0.101. The highest BCUT2D eigenvalue weighted by molar-refractivity contribution is 6.01. The Morgan fingerprint density at radius 3 is 2.85 bits per heavy atom. The summed E-state index contributed by atoms with van der Waals surface area (Å²) in [4.78, 5) is 16.3. The van der Waals surface area contributed by atoms with Crippen LogP contribution >= 0.6 is 0 Å². The summed E-state index contributed by atoms with van der Waals surface area (Å²) in [5.74, 6) is 0.869. The van der Waals surface area contributed by atoms with Crippen molar-refractivity contribution in [1.29, 1.82) is 0 Å². The van der Waals surface area contributed by atoms with Crippen molar-refractivity contribution < 1.29 is 4.79 Å². The van der Waals surface area contributed by atoms with E-state index in [9.17, 15) is 4.79 Å². The summed E-state index contributed by atoms with van der Waals surface area (Å²) in [6.07, 6.45) is 3.44. The topological polar surface area (TPSA) is 70.7 Å². The minimum absolute atomic E-state index is 0.189. The zero-order valence-electron chi connectivity index (χ0n) is 11.7. The number of aryl methyl sites for hydroxylation is 2. The van der Waals surface area contributed by atoms with Crippen LogP contribution in [0.5, 0.6) is 0 Å². The lowest BCUT2D eigenvalue weighted by Crippen LogP contribution is -2.14. The summed E-state index contributed by atoms with van der Waals surface area (Å²) >= 11 is 0. The van der Waals surface area contributed by atoms with E-state index in [1.165, 1.54) is 17.5 Å². The van der Waals surface area contributed by atoms with E-state index in [1.54, 1.807) is 0 Å². The van der Waals surface area contributed by atoms with E-state index in [1.807, 2.05) is 19.9 Å². The molecule has 0 aliphatic heterocycles. The molecule has 0 saturated heterocycles. The van der Waals surface area contributed by atoms with Gasteiger partial charge in [-0.3, -0.25) is 9.89 Å². The molecular weight excluding hydrogens is 252 g/mol. The molecule has 1 aromatic heterocycles. The zero-order chi connectivity index (χ0) is 14.1. The molecule has 5 nitrogen and oxygen atoms in total. The lowest BCUT2D eigenvalue weighted by atomic mass is 10.1. The van der Waals surface area contributed by atoms with E-state index >= 15 is 0 Å². The molecule has 1 aliphatic carbocycles. The van der Waals surface area contributed by atoms with Gasteiger partial charge < -0.3 is 5.32 Å². The third kappa shape index (κ3) is 2.43. The predicted molar refractivity (Wildman–Crippen MR) is 76.9 cm³/mol. The first-order valence-electron chi connectivity index (χ1n) is 6.99. The van der Waals surface area contributed by atoms with E-state index in [-0.39, 0.29) is 17.6 Å². The smallest absolute Gasteiger partial charge is 0.295 e. The first-order chi connectivity index (χ1) is 9.63. The second kappa shape index (κ2) is 5.07. The number of carbonyl (C=O) groups excluding carboxylic acids is 1. The normalized spacial score (nSPS) is 13.6. The number of amides is 1. The summed E-state index contributed by atoms with van der Waals surface area (Å²) in [7, 11) is 0. The fourth-order valence-electron chi connectivity index (χ4n) is 2.47. The Hall–Kier alpha value is -2.17. The minimum atomic E-state index is -0.272. The van der Waals surface area contributed by atoms with Gasteiger partial charge in [-0.25, -0.2) is 4.98 Å². The maximum Gasteiger partial charge on any atom is 0.295 e. The van der Waals surface area contributed by atoms with Gasteiger partial charge in [-0.1, -0.05) is 19.9 Å². The third-order valence-electron chi connectivity index (χ3n) is 3.61. The van der Waals surface area contributed by atoms with Crippen LogP contribution in [0.25, 0.3) is 0 Å². The van der Waals surface area contributed by atoms with Gasteiger partial charge in [0, 0.05) is 11.6 Å². The molecule has 1 heterocycles. The molecule has 0 bridgehead atoms. The highest BCUT2D eigenvalue weighted by Crippen LogP contribution is 2.25. The van der Waals surface area contributed by atoms with Gasteiger partial charge in [0.1, 0.15) is 5.82 Å². The maximum atomic E-state index is 12.1. The summed E-state index contributed by atoms with van der Waals surface area (Å²) < 4.78 is 0. The number of rotatable bonds is 3. The number of H-pyrrole nitrogens is 1. The molecule has 0 atom stereocenters. The summed E-state index contributed by atoms with van der Waals surface area (Å²) in [6, 6.07) is 6.09. The van der Waals surface area contributed by atoms with E-state index in [0.29, 0.717) is 0 Å². The van der Waals surface area contributed by atoms with Crippen LogP contribution in [0.15, 0.2) is 18.2 Å². The van der Waals surface area contributed by atoms with Crippen molar-refractivity contribution in [3.8, 4) is 0 Å². The molecule has 104 valence electrons. The molecule has 0 fully saturated rings. The minimum Gasteiger partial charge on any atom is -0.319 e. The van der Waals surface area contributed by atoms with E-state index in [4.69, 9.17) is 0 Å². The van der Waals surface area contributed by atoms with Crippen LogP contribution in [-0.4, -0.2) is 21.1 Å².